The number of anilines is 1. The lowest BCUT2D eigenvalue weighted by Gasteiger charge is -2.08. The van der Waals surface area contributed by atoms with E-state index in [1.54, 1.807) is 24.3 Å². The maximum absolute atomic E-state index is 13.5. The highest BCUT2D eigenvalue weighted by molar-refractivity contribution is 7.99. The Labute approximate surface area is 143 Å². The molecule has 9 heteroatoms. The third-order valence-electron chi connectivity index (χ3n) is 3.21. The van der Waals surface area contributed by atoms with E-state index in [1.807, 2.05) is 5.32 Å². The number of carbonyl (C=O) groups is 1. The number of oxazole rings is 1. The molecule has 0 bridgehead atoms. The lowest BCUT2D eigenvalue weighted by atomic mass is 10.2. The van der Waals surface area contributed by atoms with Gasteiger partial charge in [0.05, 0.1) is 0 Å². The summed E-state index contributed by atoms with van der Waals surface area (Å²) < 4.78 is 58.6. The number of nitrogens with one attached hydrogen (secondary N) is 1. The normalized spacial score (nSPS) is 11.0. The van der Waals surface area contributed by atoms with Crippen molar-refractivity contribution in [2.24, 2.45) is 0 Å². The molecule has 0 saturated carbocycles. The van der Waals surface area contributed by atoms with Crippen LogP contribution in [-0.4, -0.2) is 16.6 Å². The van der Waals surface area contributed by atoms with Crippen LogP contribution in [0, 0.1) is 23.3 Å². The average molecular weight is 370 g/mol. The smallest absolute Gasteiger partial charge is 0.256 e. The minimum absolute atomic E-state index is 0.0728. The van der Waals surface area contributed by atoms with Crippen molar-refractivity contribution in [1.82, 2.24) is 4.98 Å². The van der Waals surface area contributed by atoms with E-state index >= 15 is 0 Å². The highest BCUT2D eigenvalue weighted by Gasteiger charge is 2.20. The van der Waals surface area contributed by atoms with Crippen molar-refractivity contribution >= 4 is 34.5 Å². The predicted molar refractivity (Wildman–Crippen MR) is 84.3 cm³/mol. The van der Waals surface area contributed by atoms with Crippen LogP contribution >= 0.6 is 11.8 Å². The van der Waals surface area contributed by atoms with Crippen molar-refractivity contribution in [3.8, 4) is 0 Å². The van der Waals surface area contributed by atoms with Crippen LogP contribution in [0.2, 0.25) is 0 Å². The Morgan fingerprint density at radius 3 is 2.48 bits per heavy atom. The van der Waals surface area contributed by atoms with Gasteiger partial charge >= 0.3 is 0 Å². The van der Waals surface area contributed by atoms with Crippen LogP contribution in [0.3, 0.4) is 0 Å². The summed E-state index contributed by atoms with van der Waals surface area (Å²) in [6.07, 6.45) is -0.166. The van der Waals surface area contributed by atoms with E-state index in [0.717, 1.165) is 11.8 Å². The molecule has 0 aliphatic carbocycles. The van der Waals surface area contributed by atoms with Crippen molar-refractivity contribution < 1.29 is 26.8 Å². The molecule has 1 aromatic heterocycles. The molecule has 0 aliphatic rings. The minimum atomic E-state index is -1.65. The lowest BCUT2D eigenvalue weighted by Crippen LogP contribution is -2.16. The second-order valence-corrected chi connectivity index (χ2v) is 5.98. The molecule has 0 radical (unpaired) electrons. The molecule has 0 atom stereocenters. The van der Waals surface area contributed by atoms with Gasteiger partial charge in [-0.25, -0.2) is 22.5 Å². The van der Waals surface area contributed by atoms with Crippen LogP contribution < -0.4 is 5.32 Å². The molecule has 1 heterocycles. The summed E-state index contributed by atoms with van der Waals surface area (Å²) in [6, 6.07) is 7.16. The Morgan fingerprint density at radius 1 is 1.12 bits per heavy atom. The summed E-state index contributed by atoms with van der Waals surface area (Å²) in [5, 5.41) is 2.18. The standard InChI is InChI=1S/C16H10F4N2O2S/c17-8-7-9(18)14(20)15(13(8)19)22-12(23)5-6-25-16-21-10-3-1-2-4-11(10)24-16/h1-4,7H,5-6H2,(H,22,23). The average Bonchev–Trinajstić information content (AvgIpc) is 2.99. The molecule has 0 saturated heterocycles. The third kappa shape index (κ3) is 3.76. The van der Waals surface area contributed by atoms with Crippen LogP contribution in [0.25, 0.3) is 11.1 Å². The first kappa shape index (κ1) is 17.3. The number of amides is 1. The quantitative estimate of drug-likeness (QED) is 0.408. The predicted octanol–water partition coefficient (Wildman–Crippen LogP) is 4.51. The molecule has 0 aliphatic heterocycles. The fourth-order valence-corrected chi connectivity index (χ4v) is 2.80. The van der Waals surface area contributed by atoms with Crippen molar-refractivity contribution in [2.45, 2.75) is 11.6 Å². The van der Waals surface area contributed by atoms with Crippen molar-refractivity contribution in [1.29, 1.82) is 0 Å². The number of aromatic nitrogens is 1. The Balaban J connectivity index is 1.60. The molecule has 1 amide bonds. The number of nitrogens with zero attached hydrogens (tertiary/aromatic N) is 1. The Morgan fingerprint density at radius 2 is 1.80 bits per heavy atom. The number of fused-ring (bicyclic) bond motifs is 1. The molecular formula is C16H10F4N2O2S. The van der Waals surface area contributed by atoms with Gasteiger partial charge in [0, 0.05) is 18.2 Å². The molecule has 25 heavy (non-hydrogen) atoms. The number of carbonyl (C=O) groups excluding carboxylic acids is 1. The first-order chi connectivity index (χ1) is 12.0. The second-order valence-electron chi connectivity index (χ2n) is 4.94. The fraction of sp³-hybridized carbons (Fsp3) is 0.125. The summed E-state index contributed by atoms with van der Waals surface area (Å²) >= 11 is 1.13. The highest BCUT2D eigenvalue weighted by atomic mass is 32.2. The fourth-order valence-electron chi connectivity index (χ4n) is 2.03. The van der Waals surface area contributed by atoms with E-state index in [-0.39, 0.29) is 18.2 Å². The lowest BCUT2D eigenvalue weighted by molar-refractivity contribution is -0.115. The van der Waals surface area contributed by atoms with E-state index in [0.29, 0.717) is 16.3 Å². The van der Waals surface area contributed by atoms with Crippen LogP contribution in [-0.2, 0) is 4.79 Å². The number of halogens is 4. The molecular weight excluding hydrogens is 360 g/mol. The number of hydrogen-bond acceptors (Lipinski definition) is 4. The molecule has 1 N–H and O–H groups in total. The van der Waals surface area contributed by atoms with E-state index in [2.05, 4.69) is 4.98 Å². The minimum Gasteiger partial charge on any atom is -0.431 e. The van der Waals surface area contributed by atoms with Crippen molar-refractivity contribution in [3.05, 3.63) is 53.6 Å². The second kappa shape index (κ2) is 7.14. The summed E-state index contributed by atoms with van der Waals surface area (Å²) in [5.74, 6) is -7.09. The van der Waals surface area contributed by atoms with Gasteiger partial charge in [-0.05, 0) is 12.1 Å². The first-order valence-corrected chi connectivity index (χ1v) is 8.05. The van der Waals surface area contributed by atoms with Crippen molar-refractivity contribution in [3.63, 3.8) is 0 Å². The topological polar surface area (TPSA) is 55.1 Å². The molecule has 0 fully saturated rings. The van der Waals surface area contributed by atoms with Gasteiger partial charge in [0.25, 0.3) is 5.22 Å². The molecule has 0 unspecified atom stereocenters. The van der Waals surface area contributed by atoms with Crippen LogP contribution in [0.5, 0.6) is 0 Å². The van der Waals surface area contributed by atoms with E-state index < -0.39 is 34.9 Å². The zero-order chi connectivity index (χ0) is 18.0. The van der Waals surface area contributed by atoms with Gasteiger partial charge in [-0.3, -0.25) is 4.79 Å². The van der Waals surface area contributed by atoms with Gasteiger partial charge in [0.2, 0.25) is 5.91 Å². The third-order valence-corrected chi connectivity index (χ3v) is 4.03. The zero-order valence-corrected chi connectivity index (χ0v) is 13.3. The number of thioether (sulfide) groups is 1. The molecule has 2 aromatic carbocycles. The zero-order valence-electron chi connectivity index (χ0n) is 12.5. The van der Waals surface area contributed by atoms with Gasteiger partial charge < -0.3 is 9.73 Å². The maximum atomic E-state index is 13.5. The van der Waals surface area contributed by atoms with E-state index in [4.69, 9.17) is 4.42 Å². The molecule has 0 spiro atoms. The van der Waals surface area contributed by atoms with Crippen LogP contribution in [0.4, 0.5) is 23.2 Å². The summed E-state index contributed by atoms with van der Waals surface area (Å²) in [6.45, 7) is 0. The van der Waals surface area contributed by atoms with Crippen molar-refractivity contribution in [2.75, 3.05) is 11.1 Å². The van der Waals surface area contributed by atoms with Gasteiger partial charge in [0.1, 0.15) is 11.2 Å². The van der Waals surface area contributed by atoms with E-state index in [9.17, 15) is 22.4 Å². The molecule has 3 rings (SSSR count). The highest BCUT2D eigenvalue weighted by Crippen LogP contribution is 2.26. The Bertz CT molecular complexity index is 886. The first-order valence-electron chi connectivity index (χ1n) is 7.07. The molecule has 3 aromatic rings. The Hall–Kier alpha value is -2.55. The van der Waals surface area contributed by atoms with Crippen LogP contribution in [0.15, 0.2) is 40.0 Å². The maximum Gasteiger partial charge on any atom is 0.256 e. The Kier molecular flexibility index (Phi) is 4.93. The molecule has 4 nitrogen and oxygen atoms in total. The van der Waals surface area contributed by atoms with Gasteiger partial charge in [-0.1, -0.05) is 23.9 Å². The summed E-state index contributed by atoms with van der Waals surface area (Å²) in [7, 11) is 0. The number of rotatable bonds is 5. The summed E-state index contributed by atoms with van der Waals surface area (Å²) in [4.78, 5) is 15.9. The largest absolute Gasteiger partial charge is 0.431 e. The number of benzene rings is 2. The van der Waals surface area contributed by atoms with E-state index in [1.165, 1.54) is 0 Å². The summed E-state index contributed by atoms with van der Waals surface area (Å²) in [5.41, 5.74) is 0.108. The van der Waals surface area contributed by atoms with Gasteiger partial charge in [-0.2, -0.15) is 0 Å². The monoisotopic (exact) mass is 370 g/mol. The number of para-hydroxylation sites is 2. The van der Waals surface area contributed by atoms with Gasteiger partial charge in [0.15, 0.2) is 28.9 Å². The van der Waals surface area contributed by atoms with Crippen LogP contribution in [0.1, 0.15) is 6.42 Å². The van der Waals surface area contributed by atoms with Gasteiger partial charge in [-0.15, -0.1) is 0 Å². The molecule has 130 valence electrons. The number of hydrogen-bond donors (Lipinski definition) is 1. The SMILES string of the molecule is O=C(CCSc1nc2ccccc2o1)Nc1c(F)c(F)cc(F)c1F.